The van der Waals surface area contributed by atoms with Crippen LogP contribution in [0.5, 0.6) is 23.0 Å². The van der Waals surface area contributed by atoms with Gasteiger partial charge in [-0.3, -0.25) is 19.2 Å². The number of fused-ring (bicyclic) bond motifs is 2. The summed E-state index contributed by atoms with van der Waals surface area (Å²) in [5, 5.41) is 38.5. The summed E-state index contributed by atoms with van der Waals surface area (Å²) >= 11 is 11.8. The van der Waals surface area contributed by atoms with Crippen molar-refractivity contribution in [2.24, 2.45) is 0 Å². The van der Waals surface area contributed by atoms with Crippen LogP contribution in [-0.4, -0.2) is 176 Å². The summed E-state index contributed by atoms with van der Waals surface area (Å²) in [4.78, 5) is 89.0. The molecule has 0 aliphatic carbocycles. The molecule has 2 aliphatic heterocycles. The van der Waals surface area contributed by atoms with Gasteiger partial charge in [-0.05, 0) is 64.3 Å². The molecule has 4 aromatic carbocycles. The lowest BCUT2D eigenvalue weighted by Gasteiger charge is -2.37. The number of ether oxygens (including phenoxy) is 4. The Kier molecular flexibility index (Phi) is 23.0. The van der Waals surface area contributed by atoms with Crippen LogP contribution in [0, 0.1) is 11.6 Å². The topological polar surface area (TPSA) is 309 Å². The fourth-order valence-electron chi connectivity index (χ4n) is 7.82. The highest BCUT2D eigenvalue weighted by Crippen LogP contribution is 2.38. The first kappa shape index (κ1) is 62.4. The van der Waals surface area contributed by atoms with Crippen LogP contribution in [0.4, 0.5) is 41.4 Å². The molecule has 80 heavy (non-hydrogen) atoms. The molecule has 2 fully saturated rings. The number of benzene rings is 4. The van der Waals surface area contributed by atoms with E-state index in [-0.39, 0.29) is 70.7 Å². The Hall–Kier alpha value is -8.46. The van der Waals surface area contributed by atoms with Crippen LogP contribution in [0.25, 0.3) is 21.8 Å². The van der Waals surface area contributed by atoms with Gasteiger partial charge in [-0.15, -0.1) is 0 Å². The third-order valence-corrected chi connectivity index (χ3v) is 12.5. The number of nitrogens with zero attached hydrogens (tertiary/aromatic N) is 8. The zero-order valence-electron chi connectivity index (χ0n) is 44.1. The number of likely N-dealkylation sites (N-methyl/N-ethyl adjacent to an activating group) is 2. The van der Waals surface area contributed by atoms with Crippen molar-refractivity contribution in [1.29, 1.82) is 0 Å². The molecule has 2 amide bonds. The number of hydrogen-bond donors (Lipinski definition) is 6. The predicted octanol–water partition coefficient (Wildman–Crippen LogP) is 8.49. The molecule has 4 heterocycles. The highest BCUT2D eigenvalue weighted by Gasteiger charge is 2.30. The molecule has 0 spiro atoms. The van der Waals surface area contributed by atoms with Gasteiger partial charge < -0.3 is 69.6 Å². The van der Waals surface area contributed by atoms with Crippen molar-refractivity contribution in [3.63, 3.8) is 0 Å². The number of aliphatic carboxylic acids is 4. The Morgan fingerprint density at radius 2 is 0.912 bits per heavy atom. The van der Waals surface area contributed by atoms with Crippen molar-refractivity contribution in [2.45, 2.75) is 51.6 Å². The molecule has 8 rings (SSSR count). The first-order valence-corrected chi connectivity index (χ1v) is 25.0. The molecule has 0 radical (unpaired) electrons. The Bertz CT molecular complexity index is 2970. The van der Waals surface area contributed by atoms with Crippen molar-refractivity contribution in [3.05, 3.63) is 95.0 Å². The normalized spacial score (nSPS) is 15.1. The number of carbonyl (C=O) groups is 6. The standard InChI is InChI=1S/2C22H23ClFN5O3.2C4H6O4/c2*1-13-11-28(2)7-8-29(13)22(30)32-19-9-14-17(10-18(19)31-3)25-12-26-21(14)27-16-6-4-5-15(23)20(16)24;2*5-3(6)1-2-4(7)8/h2*4-6,9-10,12-13H,7-8,11H2,1-3H3,(H,25,26,27);2*1-2H2,(H,5,6)(H,7,8)/t2*13-;;/m11../s1. The van der Waals surface area contributed by atoms with Gasteiger partial charge in [0.15, 0.2) is 34.6 Å². The average molecular weight is 1160 g/mol. The van der Waals surface area contributed by atoms with Crippen molar-refractivity contribution >= 4 is 104 Å². The molecule has 0 unspecified atom stereocenters. The molecule has 24 nitrogen and oxygen atoms in total. The number of amides is 2. The summed E-state index contributed by atoms with van der Waals surface area (Å²) in [7, 11) is 7.00. The van der Waals surface area contributed by atoms with Gasteiger partial charge in [-0.1, -0.05) is 35.3 Å². The van der Waals surface area contributed by atoms with E-state index in [0.717, 1.165) is 26.2 Å². The van der Waals surface area contributed by atoms with Gasteiger partial charge in [-0.25, -0.2) is 38.3 Å². The van der Waals surface area contributed by atoms with Gasteiger partial charge >= 0.3 is 36.1 Å². The number of halogens is 4. The molecule has 28 heteroatoms. The minimum atomic E-state index is -1.08. The molecule has 2 atom stereocenters. The molecular formula is C52H58Cl2F2N10O14. The number of nitrogens with one attached hydrogen (secondary N) is 2. The fourth-order valence-corrected chi connectivity index (χ4v) is 8.17. The minimum Gasteiger partial charge on any atom is -0.493 e. The van der Waals surface area contributed by atoms with E-state index in [1.807, 2.05) is 27.9 Å². The maximum atomic E-state index is 14.4. The van der Waals surface area contributed by atoms with Crippen LogP contribution >= 0.6 is 23.2 Å². The van der Waals surface area contributed by atoms with Gasteiger partial charge in [0.1, 0.15) is 24.3 Å². The highest BCUT2D eigenvalue weighted by atomic mass is 35.5. The molecule has 0 bridgehead atoms. The van der Waals surface area contributed by atoms with Crippen LogP contribution in [0.2, 0.25) is 10.0 Å². The second kappa shape index (κ2) is 29.5. The maximum Gasteiger partial charge on any atom is 0.415 e. The quantitative estimate of drug-likeness (QED) is 0.0595. The van der Waals surface area contributed by atoms with E-state index in [0.29, 0.717) is 58.0 Å². The molecule has 2 aromatic heterocycles. The molecule has 428 valence electrons. The summed E-state index contributed by atoms with van der Waals surface area (Å²) < 4.78 is 51.0. The largest absolute Gasteiger partial charge is 0.493 e. The number of anilines is 4. The summed E-state index contributed by atoms with van der Waals surface area (Å²) in [5.74, 6) is -3.67. The number of aromatic nitrogens is 4. The van der Waals surface area contributed by atoms with Crippen molar-refractivity contribution in [1.82, 2.24) is 39.5 Å². The average Bonchev–Trinajstić information content (AvgIpc) is 3.40. The molecule has 2 saturated heterocycles. The smallest absolute Gasteiger partial charge is 0.415 e. The van der Waals surface area contributed by atoms with Crippen LogP contribution in [0.1, 0.15) is 39.5 Å². The molecular weight excluding hydrogens is 1100 g/mol. The predicted molar refractivity (Wildman–Crippen MR) is 290 cm³/mol. The monoisotopic (exact) mass is 1150 g/mol. The lowest BCUT2D eigenvalue weighted by atomic mass is 10.2. The Balaban J connectivity index is 0.000000231. The summed E-state index contributed by atoms with van der Waals surface area (Å²) in [6, 6.07) is 15.8. The summed E-state index contributed by atoms with van der Waals surface area (Å²) in [5.41, 5.74) is 1.40. The number of carboxylic acids is 4. The third-order valence-electron chi connectivity index (χ3n) is 11.9. The van der Waals surface area contributed by atoms with E-state index in [2.05, 4.69) is 40.4 Å². The number of carboxylic acid groups (broad SMARTS) is 4. The van der Waals surface area contributed by atoms with E-state index >= 15 is 0 Å². The number of hydrogen-bond acceptors (Lipinski definition) is 18. The lowest BCUT2D eigenvalue weighted by molar-refractivity contribution is -0.143. The minimum absolute atomic E-state index is 0.00838. The second-order valence-corrected chi connectivity index (χ2v) is 18.7. The van der Waals surface area contributed by atoms with E-state index in [1.165, 1.54) is 39.0 Å². The first-order valence-electron chi connectivity index (χ1n) is 24.3. The van der Waals surface area contributed by atoms with Gasteiger partial charge in [0.05, 0.1) is 72.4 Å². The van der Waals surface area contributed by atoms with E-state index in [1.54, 1.807) is 58.3 Å². The SMILES string of the molecule is COc1cc2ncnc(Nc3cccc(Cl)c3F)c2cc1OC(=O)N1CCN(C)C[C@H]1C.COc1cc2ncnc(Nc3cccc(Cl)c3F)c2cc1OC(=O)N1CCN(C)C[C@H]1C.O=C(O)CCC(=O)O.O=C(O)CCC(=O)O. The van der Waals surface area contributed by atoms with E-state index < -0.39 is 47.7 Å². The van der Waals surface area contributed by atoms with Crippen LogP contribution in [0.3, 0.4) is 0 Å². The third kappa shape index (κ3) is 17.8. The van der Waals surface area contributed by atoms with E-state index in [9.17, 15) is 37.5 Å². The molecule has 0 saturated carbocycles. The van der Waals surface area contributed by atoms with Gasteiger partial charge in [-0.2, -0.15) is 0 Å². The molecule has 2 aliphatic rings. The number of methoxy groups -OCH3 is 2. The fraction of sp³-hybridized carbons (Fsp3) is 0.346. The lowest BCUT2D eigenvalue weighted by Crippen LogP contribution is -2.53. The van der Waals surface area contributed by atoms with E-state index in [4.69, 9.17) is 62.6 Å². The van der Waals surface area contributed by atoms with Gasteiger partial charge in [0, 0.05) is 74.3 Å². The second-order valence-electron chi connectivity index (χ2n) is 17.9. The summed E-state index contributed by atoms with van der Waals surface area (Å²) in [6.07, 6.45) is 0.592. The zero-order chi connectivity index (χ0) is 58.8. The van der Waals surface area contributed by atoms with Gasteiger partial charge in [0.25, 0.3) is 0 Å². The number of piperazine rings is 2. The zero-order valence-corrected chi connectivity index (χ0v) is 45.6. The maximum absolute atomic E-state index is 14.4. The molecule has 6 N–H and O–H groups in total. The van der Waals surface area contributed by atoms with Crippen LogP contribution in [-0.2, 0) is 19.2 Å². The van der Waals surface area contributed by atoms with Gasteiger partial charge in [0.2, 0.25) is 0 Å². The van der Waals surface area contributed by atoms with Crippen LogP contribution < -0.4 is 29.6 Å². The summed E-state index contributed by atoms with van der Waals surface area (Å²) in [6.45, 7) is 8.14. The first-order chi connectivity index (χ1) is 38.0. The van der Waals surface area contributed by atoms with Crippen LogP contribution in [0.15, 0.2) is 73.3 Å². The number of rotatable bonds is 14. The number of carbonyl (C=O) groups excluding carboxylic acids is 2. The van der Waals surface area contributed by atoms with Crippen molar-refractivity contribution in [3.8, 4) is 23.0 Å². The Morgan fingerprint density at radius 3 is 1.23 bits per heavy atom. The molecule has 6 aromatic rings. The van der Waals surface area contributed by atoms with Crippen molar-refractivity contribution in [2.75, 3.05) is 78.2 Å². The highest BCUT2D eigenvalue weighted by molar-refractivity contribution is 6.31. The van der Waals surface area contributed by atoms with Crippen molar-refractivity contribution < 1.29 is 76.9 Å². The Labute approximate surface area is 466 Å². The Morgan fingerprint density at radius 1 is 0.562 bits per heavy atom.